The molecule has 0 aliphatic carbocycles. The molecule has 5 heteroatoms. The molecule has 2 heterocycles. The van der Waals surface area contributed by atoms with E-state index in [2.05, 4.69) is 0 Å². The van der Waals surface area contributed by atoms with E-state index in [-0.39, 0.29) is 11.5 Å². The van der Waals surface area contributed by atoms with Gasteiger partial charge in [0.15, 0.2) is 0 Å². The van der Waals surface area contributed by atoms with Crippen molar-refractivity contribution in [2.45, 2.75) is 26.2 Å². The SMILES string of the molecule is CC(=CCN1C(=O)CCCc2sccc21)C(=O)O. The van der Waals surface area contributed by atoms with E-state index in [0.717, 1.165) is 18.5 Å². The average molecular weight is 265 g/mol. The van der Waals surface area contributed by atoms with Crippen molar-refractivity contribution in [2.75, 3.05) is 11.4 Å². The first-order valence-electron chi connectivity index (χ1n) is 5.86. The number of carboxylic acids is 1. The third kappa shape index (κ3) is 2.61. The van der Waals surface area contributed by atoms with E-state index in [1.54, 1.807) is 29.2 Å². The van der Waals surface area contributed by atoms with Crippen molar-refractivity contribution in [1.29, 1.82) is 0 Å². The summed E-state index contributed by atoms with van der Waals surface area (Å²) in [6, 6.07) is 1.94. The highest BCUT2D eigenvalue weighted by atomic mass is 32.1. The van der Waals surface area contributed by atoms with Crippen LogP contribution in [-0.4, -0.2) is 23.5 Å². The van der Waals surface area contributed by atoms with Crippen LogP contribution in [0.25, 0.3) is 0 Å². The van der Waals surface area contributed by atoms with E-state index < -0.39 is 5.97 Å². The van der Waals surface area contributed by atoms with Crippen molar-refractivity contribution in [3.63, 3.8) is 0 Å². The van der Waals surface area contributed by atoms with Crippen LogP contribution in [0.3, 0.4) is 0 Å². The monoisotopic (exact) mass is 265 g/mol. The minimum absolute atomic E-state index is 0.0709. The van der Waals surface area contributed by atoms with Crippen molar-refractivity contribution in [3.05, 3.63) is 28.0 Å². The Bertz CT molecular complexity index is 504. The highest BCUT2D eigenvalue weighted by Crippen LogP contribution is 2.31. The Kier molecular flexibility index (Phi) is 3.81. The van der Waals surface area contributed by atoms with Gasteiger partial charge in [-0.15, -0.1) is 11.3 Å². The van der Waals surface area contributed by atoms with Gasteiger partial charge in [0.25, 0.3) is 0 Å². The maximum absolute atomic E-state index is 12.0. The summed E-state index contributed by atoms with van der Waals surface area (Å²) in [7, 11) is 0. The maximum Gasteiger partial charge on any atom is 0.331 e. The molecular formula is C13H15NO3S. The summed E-state index contributed by atoms with van der Waals surface area (Å²) in [5.74, 6) is -0.871. The lowest BCUT2D eigenvalue weighted by Gasteiger charge is -2.19. The molecule has 0 bridgehead atoms. The number of hydrogen-bond donors (Lipinski definition) is 1. The molecule has 18 heavy (non-hydrogen) atoms. The lowest BCUT2D eigenvalue weighted by atomic mass is 10.2. The minimum atomic E-state index is -0.942. The highest BCUT2D eigenvalue weighted by Gasteiger charge is 2.22. The fraction of sp³-hybridized carbons (Fsp3) is 0.385. The van der Waals surface area contributed by atoms with Gasteiger partial charge in [0.2, 0.25) is 5.91 Å². The molecule has 0 saturated carbocycles. The van der Waals surface area contributed by atoms with Crippen LogP contribution < -0.4 is 4.90 Å². The summed E-state index contributed by atoms with van der Waals surface area (Å²) in [5.41, 5.74) is 1.21. The summed E-state index contributed by atoms with van der Waals surface area (Å²) in [6.45, 7) is 1.87. The summed E-state index contributed by atoms with van der Waals surface area (Å²) >= 11 is 1.65. The van der Waals surface area contributed by atoms with Gasteiger partial charge in [-0.25, -0.2) is 4.79 Å². The lowest BCUT2D eigenvalue weighted by molar-refractivity contribution is -0.132. The third-order valence-corrected chi connectivity index (χ3v) is 4.00. The van der Waals surface area contributed by atoms with E-state index >= 15 is 0 Å². The Morgan fingerprint density at radius 3 is 3.06 bits per heavy atom. The average Bonchev–Trinajstić information content (AvgIpc) is 2.72. The highest BCUT2D eigenvalue weighted by molar-refractivity contribution is 7.10. The molecule has 0 aromatic carbocycles. The van der Waals surface area contributed by atoms with Crippen LogP contribution in [0.5, 0.6) is 0 Å². The van der Waals surface area contributed by atoms with Gasteiger partial charge in [-0.1, -0.05) is 6.08 Å². The predicted octanol–water partition coefficient (Wildman–Crippen LogP) is 2.45. The number of amides is 1. The Morgan fingerprint density at radius 1 is 1.56 bits per heavy atom. The van der Waals surface area contributed by atoms with Gasteiger partial charge in [-0.05, 0) is 31.2 Å². The summed E-state index contributed by atoms with van der Waals surface area (Å²) in [5, 5.41) is 10.8. The number of hydrogen-bond acceptors (Lipinski definition) is 3. The maximum atomic E-state index is 12.0. The van der Waals surface area contributed by atoms with E-state index in [4.69, 9.17) is 5.11 Å². The molecule has 1 aliphatic heterocycles. The van der Waals surface area contributed by atoms with Gasteiger partial charge in [-0.2, -0.15) is 0 Å². The Morgan fingerprint density at radius 2 is 2.33 bits per heavy atom. The molecule has 2 rings (SSSR count). The second-order valence-corrected chi connectivity index (χ2v) is 5.28. The number of carbonyl (C=O) groups is 2. The first-order valence-corrected chi connectivity index (χ1v) is 6.74. The number of nitrogens with zero attached hydrogens (tertiary/aromatic N) is 1. The standard InChI is InChI=1S/C13H15NO3S/c1-9(13(16)17)5-7-14-10-6-8-18-11(10)3-2-4-12(14)15/h5-6,8H,2-4,7H2,1H3,(H,16,17). The number of anilines is 1. The zero-order chi connectivity index (χ0) is 13.1. The summed E-state index contributed by atoms with van der Waals surface area (Å²) < 4.78 is 0. The molecule has 0 fully saturated rings. The van der Waals surface area contributed by atoms with Crippen LogP contribution in [0.1, 0.15) is 24.6 Å². The fourth-order valence-corrected chi connectivity index (χ4v) is 2.87. The number of thiophene rings is 1. The molecule has 1 aromatic rings. The fourth-order valence-electron chi connectivity index (χ4n) is 1.95. The number of carbonyl (C=O) groups excluding carboxylic acids is 1. The van der Waals surface area contributed by atoms with E-state index in [0.29, 0.717) is 13.0 Å². The van der Waals surface area contributed by atoms with E-state index in [1.165, 1.54) is 4.88 Å². The van der Waals surface area contributed by atoms with Crippen molar-refractivity contribution in [3.8, 4) is 0 Å². The number of fused-ring (bicyclic) bond motifs is 1. The Labute approximate surface area is 110 Å². The van der Waals surface area contributed by atoms with Crippen molar-refractivity contribution in [2.24, 2.45) is 0 Å². The van der Waals surface area contributed by atoms with Crippen LogP contribution >= 0.6 is 11.3 Å². The van der Waals surface area contributed by atoms with Crippen molar-refractivity contribution < 1.29 is 14.7 Å². The zero-order valence-corrected chi connectivity index (χ0v) is 11.0. The summed E-state index contributed by atoms with van der Waals surface area (Å²) in [6.07, 6.45) is 3.91. The number of aryl methyl sites for hydroxylation is 1. The van der Waals surface area contributed by atoms with Gasteiger partial charge >= 0.3 is 5.97 Å². The second kappa shape index (κ2) is 5.35. The van der Waals surface area contributed by atoms with Gasteiger partial charge in [0.05, 0.1) is 5.69 Å². The first kappa shape index (κ1) is 12.8. The van der Waals surface area contributed by atoms with Crippen LogP contribution in [0.2, 0.25) is 0 Å². The quantitative estimate of drug-likeness (QED) is 0.854. The second-order valence-electron chi connectivity index (χ2n) is 4.28. The Hall–Kier alpha value is -1.62. The van der Waals surface area contributed by atoms with Crippen LogP contribution in [0, 0.1) is 0 Å². The van der Waals surface area contributed by atoms with Gasteiger partial charge < -0.3 is 10.0 Å². The molecule has 1 aromatic heterocycles. The molecule has 96 valence electrons. The van der Waals surface area contributed by atoms with Gasteiger partial charge in [0.1, 0.15) is 0 Å². The van der Waals surface area contributed by atoms with Crippen LogP contribution in [0.15, 0.2) is 23.1 Å². The lowest BCUT2D eigenvalue weighted by Crippen LogP contribution is -2.30. The smallest absolute Gasteiger partial charge is 0.331 e. The molecule has 0 radical (unpaired) electrons. The molecule has 0 saturated heterocycles. The molecular weight excluding hydrogens is 250 g/mol. The molecule has 0 unspecified atom stereocenters. The van der Waals surface area contributed by atoms with Gasteiger partial charge in [-0.3, -0.25) is 4.79 Å². The first-order chi connectivity index (χ1) is 8.59. The van der Waals surface area contributed by atoms with E-state index in [9.17, 15) is 9.59 Å². The van der Waals surface area contributed by atoms with Crippen molar-refractivity contribution >= 4 is 28.9 Å². The minimum Gasteiger partial charge on any atom is -0.478 e. The molecule has 1 aliphatic rings. The normalized spacial score (nSPS) is 16.4. The predicted molar refractivity (Wildman–Crippen MR) is 71.0 cm³/mol. The molecule has 0 atom stereocenters. The topological polar surface area (TPSA) is 57.6 Å². The zero-order valence-electron chi connectivity index (χ0n) is 10.2. The number of aliphatic carboxylic acids is 1. The van der Waals surface area contributed by atoms with Crippen LogP contribution in [-0.2, 0) is 16.0 Å². The van der Waals surface area contributed by atoms with Crippen LogP contribution in [0.4, 0.5) is 5.69 Å². The van der Waals surface area contributed by atoms with Crippen molar-refractivity contribution in [1.82, 2.24) is 0 Å². The number of rotatable bonds is 3. The third-order valence-electron chi connectivity index (χ3n) is 3.03. The molecule has 1 N–H and O–H groups in total. The summed E-state index contributed by atoms with van der Waals surface area (Å²) in [4.78, 5) is 25.7. The number of carboxylic acid groups (broad SMARTS) is 1. The molecule has 4 nitrogen and oxygen atoms in total. The Balaban J connectivity index is 2.23. The largest absolute Gasteiger partial charge is 0.478 e. The van der Waals surface area contributed by atoms with Gasteiger partial charge in [0, 0.05) is 23.4 Å². The van der Waals surface area contributed by atoms with E-state index in [1.807, 2.05) is 11.4 Å². The molecule has 0 spiro atoms. The molecule has 1 amide bonds.